The van der Waals surface area contributed by atoms with Crippen molar-refractivity contribution in [2.45, 2.75) is 31.2 Å². The summed E-state index contributed by atoms with van der Waals surface area (Å²) in [5.41, 5.74) is 8.24. The van der Waals surface area contributed by atoms with Gasteiger partial charge in [0.15, 0.2) is 5.72 Å². The van der Waals surface area contributed by atoms with E-state index in [2.05, 4.69) is 126 Å². The van der Waals surface area contributed by atoms with Gasteiger partial charge in [0.1, 0.15) is 5.75 Å². The summed E-state index contributed by atoms with van der Waals surface area (Å²) in [4.78, 5) is 2.54. The van der Waals surface area contributed by atoms with Gasteiger partial charge in [-0.25, -0.2) is 0 Å². The first kappa shape index (κ1) is 21.4. The minimum Gasteiger partial charge on any atom is -0.470 e. The van der Waals surface area contributed by atoms with Crippen LogP contribution in [0.1, 0.15) is 35.6 Å². The third-order valence-corrected chi connectivity index (χ3v) is 7.94. The van der Waals surface area contributed by atoms with Gasteiger partial charge in [0, 0.05) is 47.0 Å². The lowest BCUT2D eigenvalue weighted by Crippen LogP contribution is -2.63. The Morgan fingerprint density at radius 3 is 2.39 bits per heavy atom. The summed E-state index contributed by atoms with van der Waals surface area (Å²) in [7, 11) is 0. The number of hydrogen-bond acceptors (Lipinski definition) is 4. The van der Waals surface area contributed by atoms with Gasteiger partial charge < -0.3 is 10.2 Å². The molecule has 0 amide bonds. The number of fused-ring (bicyclic) bond motifs is 4. The molecule has 3 aromatic rings. The van der Waals surface area contributed by atoms with Crippen molar-refractivity contribution >= 4 is 37.6 Å². The number of ether oxygens (including phenoxy) is 1. The largest absolute Gasteiger partial charge is 0.470 e. The molecule has 3 aliphatic heterocycles. The summed E-state index contributed by atoms with van der Waals surface area (Å²) >= 11 is 7.21. The minimum atomic E-state index is -0.369. The number of hydrazine groups is 1. The monoisotopic (exact) mass is 565 g/mol. The Bertz CT molecular complexity index is 1190. The van der Waals surface area contributed by atoms with E-state index in [1.807, 2.05) is 0 Å². The second kappa shape index (κ2) is 8.58. The molecule has 4 nitrogen and oxygen atoms in total. The van der Waals surface area contributed by atoms with E-state index in [0.29, 0.717) is 0 Å². The maximum absolute atomic E-state index is 6.81. The minimum absolute atomic E-state index is 0.130. The number of piperidine rings is 1. The standard InChI is InChI=1S/C27H25Br2N3O/c28-21-8-6-20(7-9-21)24-17-25-23-16-22(29)10-11-26(23)33-27(32(25)30-24)12-14-31(15-13-27)18-19-4-2-1-3-5-19/h1-11,16-17,25,30H,12-15,18H2. The lowest BCUT2D eigenvalue weighted by atomic mass is 9.92. The van der Waals surface area contributed by atoms with Gasteiger partial charge >= 0.3 is 0 Å². The number of halogens is 2. The molecule has 1 unspecified atom stereocenters. The molecule has 3 heterocycles. The highest BCUT2D eigenvalue weighted by Crippen LogP contribution is 2.49. The Balaban J connectivity index is 1.29. The van der Waals surface area contributed by atoms with Gasteiger partial charge in [0.05, 0.1) is 11.7 Å². The van der Waals surface area contributed by atoms with E-state index < -0.39 is 0 Å². The summed E-state index contributed by atoms with van der Waals surface area (Å²) in [6.07, 6.45) is 4.23. The van der Waals surface area contributed by atoms with E-state index in [9.17, 15) is 0 Å². The lowest BCUT2D eigenvalue weighted by molar-refractivity contribution is -0.160. The second-order valence-corrected chi connectivity index (χ2v) is 10.8. The summed E-state index contributed by atoms with van der Waals surface area (Å²) < 4.78 is 8.96. The second-order valence-electron chi connectivity index (χ2n) is 9.01. The molecular formula is C27H25Br2N3O. The molecule has 1 N–H and O–H groups in total. The average molecular weight is 567 g/mol. The molecule has 1 saturated heterocycles. The van der Waals surface area contributed by atoms with Crippen LogP contribution >= 0.6 is 31.9 Å². The zero-order valence-corrected chi connectivity index (χ0v) is 21.3. The van der Waals surface area contributed by atoms with Crippen molar-refractivity contribution in [2.24, 2.45) is 0 Å². The number of benzene rings is 3. The van der Waals surface area contributed by atoms with E-state index in [1.54, 1.807) is 0 Å². The number of hydrogen-bond donors (Lipinski definition) is 1. The van der Waals surface area contributed by atoms with Crippen LogP contribution in [0.3, 0.4) is 0 Å². The van der Waals surface area contributed by atoms with Gasteiger partial charge in [-0.05, 0) is 47.5 Å². The Kier molecular flexibility index (Phi) is 5.57. The molecule has 0 bridgehead atoms. The van der Waals surface area contributed by atoms with Crippen molar-refractivity contribution in [3.63, 3.8) is 0 Å². The summed E-state index contributed by atoms with van der Waals surface area (Å²) in [6, 6.07) is 25.7. The lowest BCUT2D eigenvalue weighted by Gasteiger charge is -2.51. The fourth-order valence-corrected chi connectivity index (χ4v) is 5.83. The van der Waals surface area contributed by atoms with E-state index in [-0.39, 0.29) is 11.8 Å². The molecule has 0 saturated carbocycles. The van der Waals surface area contributed by atoms with Gasteiger partial charge in [0.2, 0.25) is 0 Å². The van der Waals surface area contributed by atoms with Crippen LogP contribution in [0.2, 0.25) is 0 Å². The molecule has 0 aromatic heterocycles. The highest BCUT2D eigenvalue weighted by Gasteiger charge is 2.51. The molecule has 6 heteroatoms. The first-order valence-electron chi connectivity index (χ1n) is 11.4. The van der Waals surface area contributed by atoms with Crippen LogP contribution < -0.4 is 10.2 Å². The van der Waals surface area contributed by atoms with Crippen LogP contribution in [0.25, 0.3) is 5.70 Å². The van der Waals surface area contributed by atoms with Crippen LogP contribution in [-0.2, 0) is 6.54 Å². The van der Waals surface area contributed by atoms with Gasteiger partial charge in [-0.2, -0.15) is 5.01 Å². The molecule has 1 fully saturated rings. The fraction of sp³-hybridized carbons (Fsp3) is 0.259. The van der Waals surface area contributed by atoms with Crippen molar-refractivity contribution in [1.29, 1.82) is 0 Å². The number of nitrogens with zero attached hydrogens (tertiary/aromatic N) is 2. The van der Waals surface area contributed by atoms with E-state index in [0.717, 1.165) is 52.9 Å². The third kappa shape index (κ3) is 4.03. The summed E-state index contributed by atoms with van der Waals surface area (Å²) in [5.74, 6) is 0.992. The molecule has 1 atom stereocenters. The molecule has 0 aliphatic carbocycles. The average Bonchev–Trinajstić information content (AvgIpc) is 3.29. The summed E-state index contributed by atoms with van der Waals surface area (Å²) in [6.45, 7) is 2.98. The highest BCUT2D eigenvalue weighted by atomic mass is 79.9. The van der Waals surface area contributed by atoms with Crippen molar-refractivity contribution < 1.29 is 4.74 Å². The molecule has 0 radical (unpaired) electrons. The topological polar surface area (TPSA) is 27.7 Å². The van der Waals surface area contributed by atoms with E-state index >= 15 is 0 Å². The predicted molar refractivity (Wildman–Crippen MR) is 138 cm³/mol. The molecule has 6 rings (SSSR count). The van der Waals surface area contributed by atoms with Crippen LogP contribution in [0, 0.1) is 0 Å². The first-order chi connectivity index (χ1) is 16.1. The number of rotatable bonds is 3. The summed E-state index contributed by atoms with van der Waals surface area (Å²) in [5, 5.41) is 2.36. The number of likely N-dealkylation sites (tertiary alicyclic amines) is 1. The third-order valence-electron chi connectivity index (χ3n) is 6.91. The SMILES string of the molecule is Brc1ccc(C2=CC3c4cc(Br)ccc4OC4(CCN(Cc5ccccc5)CC4)N3N2)cc1. The Labute approximate surface area is 211 Å². The highest BCUT2D eigenvalue weighted by molar-refractivity contribution is 9.10. The predicted octanol–water partition coefficient (Wildman–Crippen LogP) is 6.50. The Morgan fingerprint density at radius 2 is 1.64 bits per heavy atom. The maximum Gasteiger partial charge on any atom is 0.182 e. The van der Waals surface area contributed by atoms with E-state index in [4.69, 9.17) is 4.74 Å². The molecule has 3 aliphatic rings. The van der Waals surface area contributed by atoms with Crippen molar-refractivity contribution in [3.8, 4) is 5.75 Å². The van der Waals surface area contributed by atoms with Crippen LogP contribution in [0.4, 0.5) is 0 Å². The smallest absolute Gasteiger partial charge is 0.182 e. The van der Waals surface area contributed by atoms with Gasteiger partial charge in [0.25, 0.3) is 0 Å². The molecular weight excluding hydrogens is 542 g/mol. The fourth-order valence-electron chi connectivity index (χ4n) is 5.19. The zero-order chi connectivity index (χ0) is 22.4. The van der Waals surface area contributed by atoms with Crippen molar-refractivity contribution in [3.05, 3.63) is 105 Å². The zero-order valence-electron chi connectivity index (χ0n) is 18.2. The van der Waals surface area contributed by atoms with Gasteiger partial charge in [-0.1, -0.05) is 74.3 Å². The first-order valence-corrected chi connectivity index (χ1v) is 13.0. The van der Waals surface area contributed by atoms with Crippen LogP contribution in [0.15, 0.2) is 87.8 Å². The Hall–Kier alpha value is -2.12. The van der Waals surface area contributed by atoms with Crippen molar-refractivity contribution in [1.82, 2.24) is 15.3 Å². The molecule has 1 spiro atoms. The van der Waals surface area contributed by atoms with Crippen molar-refractivity contribution in [2.75, 3.05) is 13.1 Å². The molecule has 168 valence electrons. The number of nitrogens with one attached hydrogen (secondary N) is 1. The molecule has 3 aromatic carbocycles. The van der Waals surface area contributed by atoms with E-state index in [1.165, 1.54) is 16.7 Å². The normalized spacial score (nSPS) is 21.6. The quantitative estimate of drug-likeness (QED) is 0.392. The van der Waals surface area contributed by atoms with Gasteiger partial charge in [-0.15, -0.1) is 0 Å². The van der Waals surface area contributed by atoms with Gasteiger partial charge in [-0.3, -0.25) is 4.90 Å². The van der Waals surface area contributed by atoms with Crippen LogP contribution in [0.5, 0.6) is 5.75 Å². The molecule has 33 heavy (non-hydrogen) atoms. The Morgan fingerprint density at radius 1 is 0.909 bits per heavy atom. The maximum atomic E-state index is 6.81. The van der Waals surface area contributed by atoms with Crippen LogP contribution in [-0.4, -0.2) is 28.7 Å².